The minimum absolute atomic E-state index is 0.240. The lowest BCUT2D eigenvalue weighted by atomic mass is 10.1. The van der Waals surface area contributed by atoms with Crippen molar-refractivity contribution in [3.05, 3.63) is 28.8 Å². The zero-order valence-corrected chi connectivity index (χ0v) is 8.64. The Labute approximate surface area is 84.4 Å². The van der Waals surface area contributed by atoms with Crippen LogP contribution in [-0.2, 0) is 6.42 Å². The second kappa shape index (κ2) is 5.13. The van der Waals surface area contributed by atoms with Crippen molar-refractivity contribution in [3.8, 4) is 5.75 Å². The number of aromatic hydroxyl groups is 1. The standard InChI is InChI=1S/C11H15ClO/c1-2-3-4-5-9-6-7-10(13)8-11(9)12/h6-8,13H,2-5H2,1H3. The SMILES string of the molecule is CCCCCc1ccc(O)cc1Cl. The van der Waals surface area contributed by atoms with Crippen LogP contribution >= 0.6 is 11.6 Å². The molecule has 0 bridgehead atoms. The van der Waals surface area contributed by atoms with E-state index < -0.39 is 0 Å². The van der Waals surface area contributed by atoms with Crippen LogP contribution in [0, 0.1) is 0 Å². The molecule has 0 spiro atoms. The lowest BCUT2D eigenvalue weighted by molar-refractivity contribution is 0.475. The maximum absolute atomic E-state index is 9.12. The molecule has 0 aliphatic rings. The monoisotopic (exact) mass is 198 g/mol. The molecular formula is C11H15ClO. The first-order valence-electron chi connectivity index (χ1n) is 4.71. The van der Waals surface area contributed by atoms with E-state index in [0.717, 1.165) is 12.0 Å². The van der Waals surface area contributed by atoms with Crippen molar-refractivity contribution in [1.29, 1.82) is 0 Å². The fourth-order valence-corrected chi connectivity index (χ4v) is 1.57. The van der Waals surface area contributed by atoms with Gasteiger partial charge in [0.25, 0.3) is 0 Å². The first-order chi connectivity index (χ1) is 6.24. The normalized spacial score (nSPS) is 10.3. The molecule has 72 valence electrons. The zero-order chi connectivity index (χ0) is 9.68. The Bertz CT molecular complexity index is 271. The summed E-state index contributed by atoms with van der Waals surface area (Å²) >= 11 is 5.95. The summed E-state index contributed by atoms with van der Waals surface area (Å²) in [6, 6.07) is 5.18. The second-order valence-corrected chi connectivity index (χ2v) is 3.64. The third-order valence-electron chi connectivity index (χ3n) is 2.09. The smallest absolute Gasteiger partial charge is 0.117 e. The summed E-state index contributed by atoms with van der Waals surface area (Å²) in [4.78, 5) is 0. The molecule has 0 aliphatic carbocycles. The van der Waals surface area contributed by atoms with Crippen LogP contribution in [0.3, 0.4) is 0 Å². The van der Waals surface area contributed by atoms with Crippen LogP contribution in [0.15, 0.2) is 18.2 Å². The molecule has 0 unspecified atom stereocenters. The van der Waals surface area contributed by atoms with E-state index in [9.17, 15) is 0 Å². The van der Waals surface area contributed by atoms with E-state index in [1.807, 2.05) is 6.07 Å². The number of aryl methyl sites for hydroxylation is 1. The van der Waals surface area contributed by atoms with Crippen molar-refractivity contribution in [3.63, 3.8) is 0 Å². The van der Waals surface area contributed by atoms with Gasteiger partial charge in [-0.3, -0.25) is 0 Å². The Hall–Kier alpha value is -0.690. The highest BCUT2D eigenvalue weighted by molar-refractivity contribution is 6.31. The Kier molecular flexibility index (Phi) is 4.10. The lowest BCUT2D eigenvalue weighted by Gasteiger charge is -2.03. The Morgan fingerprint density at radius 1 is 1.31 bits per heavy atom. The maximum atomic E-state index is 9.12. The van der Waals surface area contributed by atoms with E-state index in [1.165, 1.54) is 19.3 Å². The van der Waals surface area contributed by atoms with E-state index in [1.54, 1.807) is 12.1 Å². The van der Waals surface area contributed by atoms with Gasteiger partial charge in [-0.25, -0.2) is 0 Å². The average molecular weight is 199 g/mol. The number of hydrogen-bond donors (Lipinski definition) is 1. The summed E-state index contributed by atoms with van der Waals surface area (Å²) in [5.41, 5.74) is 1.13. The van der Waals surface area contributed by atoms with Crippen molar-refractivity contribution < 1.29 is 5.11 Å². The predicted molar refractivity (Wildman–Crippen MR) is 56.3 cm³/mol. The molecule has 0 atom stereocenters. The van der Waals surface area contributed by atoms with Gasteiger partial charge in [-0.05, 0) is 30.5 Å². The summed E-state index contributed by atoms with van der Waals surface area (Å²) in [6.07, 6.45) is 4.63. The highest BCUT2D eigenvalue weighted by Gasteiger charge is 2.00. The third kappa shape index (κ3) is 3.27. The van der Waals surface area contributed by atoms with E-state index in [2.05, 4.69) is 6.92 Å². The maximum Gasteiger partial charge on any atom is 0.117 e. The van der Waals surface area contributed by atoms with Crippen LogP contribution in [0.2, 0.25) is 5.02 Å². The number of halogens is 1. The van der Waals surface area contributed by atoms with E-state index >= 15 is 0 Å². The van der Waals surface area contributed by atoms with Gasteiger partial charge in [-0.2, -0.15) is 0 Å². The van der Waals surface area contributed by atoms with Crippen LogP contribution in [0.1, 0.15) is 31.7 Å². The second-order valence-electron chi connectivity index (χ2n) is 3.23. The summed E-state index contributed by atoms with van der Waals surface area (Å²) in [5.74, 6) is 0.240. The topological polar surface area (TPSA) is 20.2 Å². The van der Waals surface area contributed by atoms with Gasteiger partial charge in [0.1, 0.15) is 5.75 Å². The molecule has 0 radical (unpaired) electrons. The molecule has 1 rings (SSSR count). The molecule has 13 heavy (non-hydrogen) atoms. The Morgan fingerprint density at radius 2 is 2.08 bits per heavy atom. The predicted octanol–water partition coefficient (Wildman–Crippen LogP) is 3.78. The van der Waals surface area contributed by atoms with E-state index in [0.29, 0.717) is 5.02 Å². The number of benzene rings is 1. The number of hydrogen-bond acceptors (Lipinski definition) is 1. The van der Waals surface area contributed by atoms with Crippen LogP contribution in [0.4, 0.5) is 0 Å². The summed E-state index contributed by atoms with van der Waals surface area (Å²) in [6.45, 7) is 2.18. The van der Waals surface area contributed by atoms with Gasteiger partial charge in [0, 0.05) is 5.02 Å². The molecule has 0 aromatic heterocycles. The van der Waals surface area contributed by atoms with Crippen molar-refractivity contribution in [2.45, 2.75) is 32.6 Å². The average Bonchev–Trinajstić information content (AvgIpc) is 2.09. The van der Waals surface area contributed by atoms with Gasteiger partial charge in [0.2, 0.25) is 0 Å². The van der Waals surface area contributed by atoms with Gasteiger partial charge >= 0.3 is 0 Å². The lowest BCUT2D eigenvalue weighted by Crippen LogP contribution is -1.86. The molecule has 1 aromatic rings. The van der Waals surface area contributed by atoms with Crippen LogP contribution in [-0.4, -0.2) is 5.11 Å². The molecule has 0 heterocycles. The molecule has 1 aromatic carbocycles. The van der Waals surface area contributed by atoms with Crippen molar-refractivity contribution >= 4 is 11.6 Å². The fraction of sp³-hybridized carbons (Fsp3) is 0.455. The van der Waals surface area contributed by atoms with Crippen LogP contribution < -0.4 is 0 Å². The summed E-state index contributed by atoms with van der Waals surface area (Å²) in [7, 11) is 0. The summed E-state index contributed by atoms with van der Waals surface area (Å²) in [5, 5.41) is 9.80. The first-order valence-corrected chi connectivity index (χ1v) is 5.09. The van der Waals surface area contributed by atoms with E-state index in [-0.39, 0.29) is 5.75 Å². The fourth-order valence-electron chi connectivity index (χ4n) is 1.30. The molecule has 0 saturated heterocycles. The third-order valence-corrected chi connectivity index (χ3v) is 2.44. The van der Waals surface area contributed by atoms with E-state index in [4.69, 9.17) is 16.7 Å². The minimum atomic E-state index is 0.240. The number of phenolic OH excluding ortho intramolecular Hbond substituents is 1. The molecule has 1 N–H and O–H groups in total. The highest BCUT2D eigenvalue weighted by Crippen LogP contribution is 2.22. The molecule has 0 aliphatic heterocycles. The van der Waals surface area contributed by atoms with Gasteiger partial charge < -0.3 is 5.11 Å². The van der Waals surface area contributed by atoms with Crippen molar-refractivity contribution in [2.75, 3.05) is 0 Å². The number of rotatable bonds is 4. The van der Waals surface area contributed by atoms with Crippen LogP contribution in [0.25, 0.3) is 0 Å². The molecule has 0 saturated carbocycles. The van der Waals surface area contributed by atoms with Gasteiger partial charge in [-0.1, -0.05) is 37.4 Å². The number of phenols is 1. The summed E-state index contributed by atoms with van der Waals surface area (Å²) < 4.78 is 0. The quantitative estimate of drug-likeness (QED) is 0.731. The molecular weight excluding hydrogens is 184 g/mol. The van der Waals surface area contributed by atoms with Crippen molar-refractivity contribution in [2.24, 2.45) is 0 Å². The van der Waals surface area contributed by atoms with Crippen molar-refractivity contribution in [1.82, 2.24) is 0 Å². The Morgan fingerprint density at radius 3 is 2.69 bits per heavy atom. The van der Waals surface area contributed by atoms with Gasteiger partial charge in [-0.15, -0.1) is 0 Å². The molecule has 0 amide bonds. The minimum Gasteiger partial charge on any atom is -0.508 e. The van der Waals surface area contributed by atoms with Crippen LogP contribution in [0.5, 0.6) is 5.75 Å². The Balaban J connectivity index is 2.56. The largest absolute Gasteiger partial charge is 0.508 e. The molecule has 1 nitrogen and oxygen atoms in total. The zero-order valence-electron chi connectivity index (χ0n) is 7.89. The van der Waals surface area contributed by atoms with Gasteiger partial charge in [0.05, 0.1) is 0 Å². The molecule has 0 fully saturated rings. The first kappa shape index (κ1) is 10.4. The highest BCUT2D eigenvalue weighted by atomic mass is 35.5. The number of unbranched alkanes of at least 4 members (excludes halogenated alkanes) is 2. The van der Waals surface area contributed by atoms with Gasteiger partial charge in [0.15, 0.2) is 0 Å². The molecule has 2 heteroatoms.